The van der Waals surface area contributed by atoms with Crippen LogP contribution in [-0.4, -0.2) is 32.2 Å². The van der Waals surface area contributed by atoms with Crippen molar-refractivity contribution in [2.45, 2.75) is 44.6 Å². The summed E-state index contributed by atoms with van der Waals surface area (Å²) in [6.45, 7) is 2.01. The number of ether oxygens (including phenoxy) is 3. The van der Waals surface area contributed by atoms with Crippen LogP contribution in [0.15, 0.2) is 47.5 Å². The Kier molecular flexibility index (Phi) is 6.53. The Morgan fingerprint density at radius 3 is 2.48 bits per heavy atom. The maximum Gasteiger partial charge on any atom is 0.425 e. The van der Waals surface area contributed by atoms with Gasteiger partial charge in [-0.05, 0) is 55.5 Å². The van der Waals surface area contributed by atoms with Crippen molar-refractivity contribution >= 4 is 23.6 Å². The first-order valence-electron chi connectivity index (χ1n) is 11.2. The van der Waals surface area contributed by atoms with Gasteiger partial charge in [0.1, 0.15) is 5.75 Å². The number of nitrogens with zero attached hydrogens (tertiary/aromatic N) is 1. The van der Waals surface area contributed by atoms with Crippen LogP contribution < -0.4 is 15.6 Å². The van der Waals surface area contributed by atoms with E-state index in [9.17, 15) is 9.59 Å². The number of methoxy groups -OCH3 is 2. The first kappa shape index (κ1) is 22.6. The lowest BCUT2D eigenvalue weighted by molar-refractivity contribution is -0.142. The highest BCUT2D eigenvalue weighted by Gasteiger charge is 2.53. The van der Waals surface area contributed by atoms with Gasteiger partial charge < -0.3 is 14.2 Å². The number of carbonyl (C=O) groups is 2. The third kappa shape index (κ3) is 4.37. The van der Waals surface area contributed by atoms with Crippen LogP contribution in [0.4, 0.5) is 10.5 Å². The Morgan fingerprint density at radius 1 is 1.09 bits per heavy atom. The molecule has 1 aliphatic carbocycles. The molecule has 0 aromatic heterocycles. The fourth-order valence-electron chi connectivity index (χ4n) is 4.61. The summed E-state index contributed by atoms with van der Waals surface area (Å²) in [4.78, 5) is 29.9. The molecule has 0 spiro atoms. The number of hydrazine groups is 1. The minimum absolute atomic E-state index is 0.0263. The van der Waals surface area contributed by atoms with Gasteiger partial charge in [0.2, 0.25) is 5.90 Å². The number of aryl methyl sites for hydroxylation is 1. The van der Waals surface area contributed by atoms with Crippen LogP contribution in [-0.2, 0) is 19.8 Å². The SMILES string of the molecule is COC(=O)NNc1ccc([C@@]2(C3CCCCC3)N=C(c3ccc(C)cc3)OC2=O)cc1OC. The minimum Gasteiger partial charge on any atom is -0.495 e. The Balaban J connectivity index is 1.77. The molecule has 1 heterocycles. The van der Waals surface area contributed by atoms with Gasteiger partial charge in [0, 0.05) is 5.56 Å². The highest BCUT2D eigenvalue weighted by molar-refractivity contribution is 6.08. The minimum atomic E-state index is -1.14. The molecular formula is C25H29N3O5. The quantitative estimate of drug-likeness (QED) is 0.497. The predicted molar refractivity (Wildman–Crippen MR) is 124 cm³/mol. The molecule has 1 fully saturated rings. The third-order valence-corrected chi connectivity index (χ3v) is 6.40. The van der Waals surface area contributed by atoms with Gasteiger partial charge in [0.05, 0.1) is 19.9 Å². The number of amides is 1. The number of aliphatic imine (C=N–C) groups is 1. The number of nitrogens with one attached hydrogen (secondary N) is 2. The Bertz CT molecular complexity index is 1060. The molecule has 33 heavy (non-hydrogen) atoms. The van der Waals surface area contributed by atoms with Crippen LogP contribution in [0.2, 0.25) is 0 Å². The van der Waals surface area contributed by atoms with E-state index in [1.165, 1.54) is 14.2 Å². The van der Waals surface area contributed by atoms with Crippen molar-refractivity contribution in [3.05, 3.63) is 59.2 Å². The van der Waals surface area contributed by atoms with Gasteiger partial charge in [-0.2, -0.15) is 0 Å². The van der Waals surface area contributed by atoms with Crippen molar-refractivity contribution in [3.8, 4) is 5.75 Å². The first-order valence-corrected chi connectivity index (χ1v) is 11.2. The van der Waals surface area contributed by atoms with Crippen LogP contribution in [0, 0.1) is 12.8 Å². The molecule has 0 bridgehead atoms. The van der Waals surface area contributed by atoms with E-state index >= 15 is 0 Å². The second-order valence-corrected chi connectivity index (χ2v) is 8.43. The smallest absolute Gasteiger partial charge is 0.425 e. The molecule has 1 saturated carbocycles. The van der Waals surface area contributed by atoms with Crippen molar-refractivity contribution in [2.24, 2.45) is 10.9 Å². The van der Waals surface area contributed by atoms with Gasteiger partial charge in [-0.3, -0.25) is 5.43 Å². The first-order chi connectivity index (χ1) is 16.0. The summed E-state index contributed by atoms with van der Waals surface area (Å²) in [5.41, 5.74) is 7.19. The van der Waals surface area contributed by atoms with Gasteiger partial charge in [0.25, 0.3) is 0 Å². The molecule has 2 aromatic carbocycles. The lowest BCUT2D eigenvalue weighted by Gasteiger charge is -2.34. The lowest BCUT2D eigenvalue weighted by Crippen LogP contribution is -2.40. The van der Waals surface area contributed by atoms with E-state index in [1.54, 1.807) is 12.1 Å². The normalized spacial score (nSPS) is 20.6. The predicted octanol–water partition coefficient (Wildman–Crippen LogP) is 4.47. The zero-order valence-corrected chi connectivity index (χ0v) is 19.1. The van der Waals surface area contributed by atoms with Gasteiger partial charge in [0.15, 0.2) is 5.54 Å². The highest BCUT2D eigenvalue weighted by Crippen LogP contribution is 2.47. The summed E-state index contributed by atoms with van der Waals surface area (Å²) in [5.74, 6) is 0.476. The second-order valence-electron chi connectivity index (χ2n) is 8.43. The monoisotopic (exact) mass is 451 g/mol. The van der Waals surface area contributed by atoms with Crippen molar-refractivity contribution in [2.75, 3.05) is 19.6 Å². The number of anilines is 1. The molecule has 1 atom stereocenters. The molecule has 8 nitrogen and oxygen atoms in total. The van der Waals surface area contributed by atoms with Gasteiger partial charge >= 0.3 is 12.1 Å². The summed E-state index contributed by atoms with van der Waals surface area (Å²) >= 11 is 0. The van der Waals surface area contributed by atoms with E-state index < -0.39 is 11.6 Å². The van der Waals surface area contributed by atoms with E-state index in [2.05, 4.69) is 15.6 Å². The zero-order valence-electron chi connectivity index (χ0n) is 19.1. The van der Waals surface area contributed by atoms with Gasteiger partial charge in [-0.25, -0.2) is 20.0 Å². The fraction of sp³-hybridized carbons (Fsp3) is 0.400. The maximum absolute atomic E-state index is 13.5. The Morgan fingerprint density at radius 2 is 1.82 bits per heavy atom. The summed E-state index contributed by atoms with van der Waals surface area (Å²) in [6, 6.07) is 13.2. The van der Waals surface area contributed by atoms with E-state index in [0.29, 0.717) is 22.9 Å². The number of carbonyl (C=O) groups excluding carboxylic acids is 2. The maximum atomic E-state index is 13.5. The van der Waals surface area contributed by atoms with E-state index in [0.717, 1.165) is 43.2 Å². The molecule has 0 unspecified atom stereocenters. The topological polar surface area (TPSA) is 98.3 Å². The Hall–Kier alpha value is -3.55. The molecule has 1 amide bonds. The third-order valence-electron chi connectivity index (χ3n) is 6.40. The van der Waals surface area contributed by atoms with Crippen molar-refractivity contribution in [1.82, 2.24) is 5.43 Å². The average molecular weight is 452 g/mol. The van der Waals surface area contributed by atoms with E-state index in [1.807, 2.05) is 37.3 Å². The number of rotatable bonds is 6. The molecule has 2 aliphatic rings. The van der Waals surface area contributed by atoms with Crippen LogP contribution in [0.25, 0.3) is 0 Å². The fourth-order valence-corrected chi connectivity index (χ4v) is 4.61. The number of hydrogen-bond acceptors (Lipinski definition) is 7. The van der Waals surface area contributed by atoms with Gasteiger partial charge in [-0.1, -0.05) is 43.0 Å². The van der Waals surface area contributed by atoms with Crippen LogP contribution in [0.3, 0.4) is 0 Å². The lowest BCUT2D eigenvalue weighted by atomic mass is 9.71. The molecule has 0 radical (unpaired) electrons. The van der Waals surface area contributed by atoms with Crippen molar-refractivity contribution in [3.63, 3.8) is 0 Å². The molecule has 174 valence electrons. The zero-order chi connectivity index (χ0) is 23.4. The summed E-state index contributed by atoms with van der Waals surface area (Å²) in [6.07, 6.45) is 4.41. The molecule has 0 saturated heterocycles. The van der Waals surface area contributed by atoms with Crippen molar-refractivity contribution < 1.29 is 23.8 Å². The summed E-state index contributed by atoms with van der Waals surface area (Å²) in [7, 11) is 2.81. The molecule has 2 aromatic rings. The van der Waals surface area contributed by atoms with Crippen LogP contribution >= 0.6 is 0 Å². The molecule has 8 heteroatoms. The molecule has 1 aliphatic heterocycles. The largest absolute Gasteiger partial charge is 0.495 e. The molecule has 4 rings (SSSR count). The summed E-state index contributed by atoms with van der Waals surface area (Å²) < 4.78 is 15.9. The standard InChI is InChI=1S/C25H29N3O5/c1-16-9-11-17(12-10-16)22-26-25(23(29)33-22,18-7-5-4-6-8-18)19-13-14-20(21(15-19)31-2)27-28-24(30)32-3/h9-15,18,27H,4-8H2,1-3H3,(H,28,30)/t25-/m1/s1. The second kappa shape index (κ2) is 9.52. The molecule has 2 N–H and O–H groups in total. The highest BCUT2D eigenvalue weighted by atomic mass is 16.6. The van der Waals surface area contributed by atoms with Gasteiger partial charge in [-0.15, -0.1) is 0 Å². The number of hydrogen-bond donors (Lipinski definition) is 2. The molecular weight excluding hydrogens is 422 g/mol. The van der Waals surface area contributed by atoms with Crippen LogP contribution in [0.5, 0.6) is 5.75 Å². The van der Waals surface area contributed by atoms with Crippen LogP contribution in [0.1, 0.15) is 48.8 Å². The Labute approximate surface area is 193 Å². The number of benzene rings is 2. The average Bonchev–Trinajstić information content (AvgIpc) is 3.21. The van der Waals surface area contributed by atoms with E-state index in [4.69, 9.17) is 14.5 Å². The van der Waals surface area contributed by atoms with Crippen molar-refractivity contribution in [1.29, 1.82) is 0 Å². The summed E-state index contributed by atoms with van der Waals surface area (Å²) in [5, 5.41) is 0. The number of cyclic esters (lactones) is 1. The van der Waals surface area contributed by atoms with E-state index in [-0.39, 0.29) is 11.9 Å². The number of esters is 1.